The van der Waals surface area contributed by atoms with E-state index in [1.54, 1.807) is 11.3 Å². The molecular weight excluding hydrogens is 445 g/mol. The molecule has 2 heterocycles. The zero-order chi connectivity index (χ0) is 16.8. The van der Waals surface area contributed by atoms with Crippen molar-refractivity contribution in [3.63, 3.8) is 0 Å². The number of aromatic nitrogens is 1. The SMILES string of the molecule is CN=C(NCCc1csc(N2CCCC2)n1)NC1CCC(C)CC1.I. The zero-order valence-electron chi connectivity index (χ0n) is 15.5. The molecule has 2 fully saturated rings. The highest BCUT2D eigenvalue weighted by molar-refractivity contribution is 14.0. The van der Waals surface area contributed by atoms with Crippen molar-refractivity contribution in [1.29, 1.82) is 0 Å². The molecule has 25 heavy (non-hydrogen) atoms. The van der Waals surface area contributed by atoms with Crippen molar-refractivity contribution in [2.45, 2.75) is 57.9 Å². The van der Waals surface area contributed by atoms with E-state index in [9.17, 15) is 0 Å². The number of guanidine groups is 1. The molecule has 0 unspecified atom stereocenters. The number of hydrogen-bond acceptors (Lipinski definition) is 4. The van der Waals surface area contributed by atoms with Crippen LogP contribution in [0.4, 0.5) is 5.13 Å². The first-order valence-electron chi connectivity index (χ1n) is 9.41. The third-order valence-electron chi connectivity index (χ3n) is 5.17. The van der Waals surface area contributed by atoms with Crippen molar-refractivity contribution < 1.29 is 0 Å². The van der Waals surface area contributed by atoms with E-state index in [0.29, 0.717) is 6.04 Å². The fourth-order valence-electron chi connectivity index (χ4n) is 3.57. The number of rotatable bonds is 5. The maximum atomic E-state index is 4.78. The molecule has 1 saturated carbocycles. The molecule has 0 bridgehead atoms. The van der Waals surface area contributed by atoms with Crippen LogP contribution in [-0.4, -0.2) is 43.7 Å². The first-order chi connectivity index (χ1) is 11.7. The van der Waals surface area contributed by atoms with E-state index in [-0.39, 0.29) is 24.0 Å². The molecule has 0 amide bonds. The van der Waals surface area contributed by atoms with Crippen molar-refractivity contribution in [2.75, 3.05) is 31.6 Å². The van der Waals surface area contributed by atoms with Gasteiger partial charge in [0.1, 0.15) is 0 Å². The van der Waals surface area contributed by atoms with Gasteiger partial charge in [-0.15, -0.1) is 35.3 Å². The van der Waals surface area contributed by atoms with Gasteiger partial charge in [0.15, 0.2) is 11.1 Å². The van der Waals surface area contributed by atoms with E-state index in [1.807, 2.05) is 7.05 Å². The Balaban J connectivity index is 0.00000225. The predicted octanol–water partition coefficient (Wildman–Crippen LogP) is 3.65. The van der Waals surface area contributed by atoms with Crippen LogP contribution in [0.2, 0.25) is 0 Å². The second kappa shape index (κ2) is 10.5. The van der Waals surface area contributed by atoms with Crippen molar-refractivity contribution in [1.82, 2.24) is 15.6 Å². The number of nitrogens with zero attached hydrogens (tertiary/aromatic N) is 3. The minimum Gasteiger partial charge on any atom is -0.356 e. The highest BCUT2D eigenvalue weighted by atomic mass is 127. The molecule has 2 N–H and O–H groups in total. The average Bonchev–Trinajstić information content (AvgIpc) is 3.27. The van der Waals surface area contributed by atoms with Crippen LogP contribution in [0.15, 0.2) is 10.4 Å². The van der Waals surface area contributed by atoms with Crippen LogP contribution in [0.25, 0.3) is 0 Å². The number of hydrogen-bond donors (Lipinski definition) is 2. The maximum absolute atomic E-state index is 4.78. The molecular formula is C18H32IN5S. The topological polar surface area (TPSA) is 52.6 Å². The number of aliphatic imine (C=N–C) groups is 1. The molecule has 0 aromatic carbocycles. The van der Waals surface area contributed by atoms with Crippen LogP contribution in [-0.2, 0) is 6.42 Å². The van der Waals surface area contributed by atoms with Crippen LogP contribution >= 0.6 is 35.3 Å². The van der Waals surface area contributed by atoms with Crippen LogP contribution in [0.3, 0.4) is 0 Å². The minimum atomic E-state index is 0. The van der Waals surface area contributed by atoms with E-state index in [4.69, 9.17) is 4.98 Å². The standard InChI is InChI=1S/C18H31N5S.HI/c1-14-5-7-15(8-6-14)21-17(19-2)20-10-9-16-13-24-18(22-16)23-11-3-4-12-23;/h13-15H,3-12H2,1-2H3,(H2,19,20,21);1H. The van der Waals surface area contributed by atoms with Crippen molar-refractivity contribution in [3.8, 4) is 0 Å². The molecule has 2 aliphatic rings. The molecule has 1 aliphatic carbocycles. The molecule has 1 saturated heterocycles. The van der Waals surface area contributed by atoms with Gasteiger partial charge in [-0.25, -0.2) is 4.98 Å². The fraction of sp³-hybridized carbons (Fsp3) is 0.778. The summed E-state index contributed by atoms with van der Waals surface area (Å²) >= 11 is 1.78. The maximum Gasteiger partial charge on any atom is 0.191 e. The van der Waals surface area contributed by atoms with Gasteiger partial charge in [-0.2, -0.15) is 0 Å². The predicted molar refractivity (Wildman–Crippen MR) is 119 cm³/mol. The fourth-order valence-corrected chi connectivity index (χ4v) is 4.48. The van der Waals surface area contributed by atoms with Gasteiger partial charge in [-0.3, -0.25) is 4.99 Å². The first kappa shape index (κ1) is 20.7. The summed E-state index contributed by atoms with van der Waals surface area (Å²) in [5.41, 5.74) is 1.19. The molecule has 0 spiro atoms. The summed E-state index contributed by atoms with van der Waals surface area (Å²) in [5, 5.41) is 10.4. The van der Waals surface area contributed by atoms with E-state index in [2.05, 4.69) is 32.8 Å². The highest BCUT2D eigenvalue weighted by Crippen LogP contribution is 2.24. The Labute approximate surface area is 173 Å². The quantitative estimate of drug-likeness (QED) is 0.386. The number of halogens is 1. The Morgan fingerprint density at radius 3 is 2.68 bits per heavy atom. The summed E-state index contributed by atoms with van der Waals surface area (Å²) in [6.45, 7) is 5.57. The molecule has 1 aromatic rings. The summed E-state index contributed by atoms with van der Waals surface area (Å²) in [7, 11) is 1.86. The Hall–Kier alpha value is -0.570. The van der Waals surface area contributed by atoms with Crippen LogP contribution in [0.5, 0.6) is 0 Å². The third-order valence-corrected chi connectivity index (χ3v) is 6.12. The monoisotopic (exact) mass is 477 g/mol. The molecule has 1 aliphatic heterocycles. The lowest BCUT2D eigenvalue weighted by Crippen LogP contribution is -2.45. The molecule has 0 atom stereocenters. The number of anilines is 1. The van der Waals surface area contributed by atoms with Gasteiger partial charge in [-0.05, 0) is 44.4 Å². The van der Waals surface area contributed by atoms with Gasteiger partial charge in [0.05, 0.1) is 5.69 Å². The molecule has 0 radical (unpaired) electrons. The van der Waals surface area contributed by atoms with E-state index >= 15 is 0 Å². The van der Waals surface area contributed by atoms with Gasteiger partial charge < -0.3 is 15.5 Å². The molecule has 7 heteroatoms. The van der Waals surface area contributed by atoms with Crippen molar-refractivity contribution in [3.05, 3.63) is 11.1 Å². The van der Waals surface area contributed by atoms with Gasteiger partial charge >= 0.3 is 0 Å². The normalized spacial score (nSPS) is 24.1. The lowest BCUT2D eigenvalue weighted by molar-refractivity contribution is 0.329. The summed E-state index contributed by atoms with van der Waals surface area (Å²) in [4.78, 5) is 11.6. The van der Waals surface area contributed by atoms with E-state index in [1.165, 1.54) is 62.4 Å². The summed E-state index contributed by atoms with van der Waals surface area (Å²) in [5.74, 6) is 1.82. The minimum absolute atomic E-state index is 0. The Bertz CT molecular complexity index is 533. The second-order valence-electron chi connectivity index (χ2n) is 7.17. The van der Waals surface area contributed by atoms with Crippen LogP contribution in [0.1, 0.15) is 51.1 Å². The van der Waals surface area contributed by atoms with Gasteiger partial charge in [-0.1, -0.05) is 6.92 Å². The number of thiazole rings is 1. The van der Waals surface area contributed by atoms with Gasteiger partial charge in [0.2, 0.25) is 0 Å². The third kappa shape index (κ3) is 6.27. The van der Waals surface area contributed by atoms with Gasteiger partial charge in [0, 0.05) is 44.5 Å². The Morgan fingerprint density at radius 1 is 1.28 bits per heavy atom. The smallest absolute Gasteiger partial charge is 0.191 e. The first-order valence-corrected chi connectivity index (χ1v) is 10.3. The van der Waals surface area contributed by atoms with E-state index < -0.39 is 0 Å². The Kier molecular flexibility index (Phi) is 8.75. The highest BCUT2D eigenvalue weighted by Gasteiger charge is 2.19. The zero-order valence-corrected chi connectivity index (χ0v) is 18.6. The van der Waals surface area contributed by atoms with Gasteiger partial charge in [0.25, 0.3) is 0 Å². The van der Waals surface area contributed by atoms with Crippen LogP contribution in [0, 0.1) is 5.92 Å². The van der Waals surface area contributed by atoms with Crippen LogP contribution < -0.4 is 15.5 Å². The molecule has 3 rings (SSSR count). The lowest BCUT2D eigenvalue weighted by atomic mass is 9.87. The van der Waals surface area contributed by atoms with Crippen molar-refractivity contribution in [2.24, 2.45) is 10.9 Å². The average molecular weight is 477 g/mol. The molecule has 1 aromatic heterocycles. The molecule has 142 valence electrons. The van der Waals surface area contributed by atoms with E-state index in [0.717, 1.165) is 24.8 Å². The number of nitrogens with one attached hydrogen (secondary N) is 2. The lowest BCUT2D eigenvalue weighted by Gasteiger charge is -2.28. The second-order valence-corrected chi connectivity index (χ2v) is 8.00. The summed E-state index contributed by atoms with van der Waals surface area (Å²) in [6, 6.07) is 0.577. The summed E-state index contributed by atoms with van der Waals surface area (Å²) < 4.78 is 0. The van der Waals surface area contributed by atoms with Crippen molar-refractivity contribution >= 4 is 46.4 Å². The molecule has 5 nitrogen and oxygen atoms in total. The largest absolute Gasteiger partial charge is 0.356 e. The Morgan fingerprint density at radius 2 is 2.00 bits per heavy atom. The summed E-state index contributed by atoms with van der Waals surface area (Å²) in [6.07, 6.45) is 8.73.